The van der Waals surface area contributed by atoms with E-state index in [4.69, 9.17) is 59.0 Å². The number of ether oxygens (including phenoxy) is 10. The Balaban J connectivity index is 2.66. The number of carbonyl (C=O) groups excluding carboxylic acids is 7. The van der Waals surface area contributed by atoms with Gasteiger partial charge >= 0.3 is 41.8 Å². The third-order valence-electron chi connectivity index (χ3n) is 5.87. The van der Waals surface area contributed by atoms with E-state index in [0.29, 0.717) is 0 Å². The van der Waals surface area contributed by atoms with E-state index in [1.54, 1.807) is 0 Å². The molecule has 0 aliphatic carbocycles. The van der Waals surface area contributed by atoms with Crippen LogP contribution in [0.3, 0.4) is 0 Å². The first-order valence-corrected chi connectivity index (χ1v) is 13.7. The molecule has 0 saturated carbocycles. The fraction of sp³-hybridized carbons (Fsp3) is 0.731. The summed E-state index contributed by atoms with van der Waals surface area (Å²) in [6.07, 6.45) is -13.7. The van der Waals surface area contributed by atoms with Crippen molar-refractivity contribution in [2.75, 3.05) is 13.2 Å². The van der Waals surface area contributed by atoms with E-state index >= 15 is 0 Å². The van der Waals surface area contributed by atoms with Crippen LogP contribution in [-0.4, -0.2) is 116 Å². The first-order valence-electron chi connectivity index (χ1n) is 13.2. The topological polar surface area (TPSA) is 212 Å². The van der Waals surface area contributed by atoms with Crippen LogP contribution in [-0.2, 0) is 80.9 Å². The van der Waals surface area contributed by atoms with E-state index in [1.165, 1.54) is 0 Å². The van der Waals surface area contributed by atoms with E-state index in [9.17, 15) is 33.6 Å². The van der Waals surface area contributed by atoms with Crippen LogP contribution < -0.4 is 0 Å². The van der Waals surface area contributed by atoms with E-state index in [1.807, 2.05) is 0 Å². The Hall–Kier alpha value is -3.54. The molecular weight excluding hydrogens is 620 g/mol. The Morgan fingerprint density at radius 2 is 0.841 bits per heavy atom. The van der Waals surface area contributed by atoms with Gasteiger partial charge in [-0.3, -0.25) is 33.6 Å². The van der Waals surface area contributed by atoms with Crippen LogP contribution in [0.2, 0.25) is 0 Å². The molecule has 0 radical (unpaired) electrons. The summed E-state index contributed by atoms with van der Waals surface area (Å²) in [5.74, 6) is -5.80. The van der Waals surface area contributed by atoms with Crippen molar-refractivity contribution in [3.63, 3.8) is 0 Å². The highest BCUT2D eigenvalue weighted by molar-refractivity contribution is 6.20. The molecule has 2 aliphatic rings. The normalized spacial score (nSPS) is 31.5. The highest BCUT2D eigenvalue weighted by atomic mass is 35.5. The summed E-state index contributed by atoms with van der Waals surface area (Å²) in [4.78, 5) is 83.6. The highest BCUT2D eigenvalue weighted by Crippen LogP contribution is 2.36. The fourth-order valence-corrected chi connectivity index (χ4v) is 4.79. The number of esters is 7. The summed E-state index contributed by atoms with van der Waals surface area (Å²) < 4.78 is 54.7. The zero-order valence-electron chi connectivity index (χ0n) is 25.0. The predicted octanol–water partition coefficient (Wildman–Crippen LogP) is -0.155. The van der Waals surface area contributed by atoms with E-state index in [-0.39, 0.29) is 0 Å². The van der Waals surface area contributed by atoms with Crippen molar-refractivity contribution in [2.45, 2.75) is 109 Å². The zero-order chi connectivity index (χ0) is 33.3. The van der Waals surface area contributed by atoms with E-state index in [0.717, 1.165) is 48.5 Å². The summed E-state index contributed by atoms with van der Waals surface area (Å²) in [7, 11) is 0. The van der Waals surface area contributed by atoms with Gasteiger partial charge in [-0.05, 0) is 0 Å². The van der Waals surface area contributed by atoms with Gasteiger partial charge in [-0.1, -0.05) is 11.6 Å². The van der Waals surface area contributed by atoms with Crippen molar-refractivity contribution in [1.29, 1.82) is 0 Å². The monoisotopic (exact) mass is 654 g/mol. The summed E-state index contributed by atoms with van der Waals surface area (Å²) in [6.45, 7) is 6.37. The minimum atomic E-state index is -1.76. The molecule has 0 N–H and O–H groups in total. The van der Waals surface area contributed by atoms with Gasteiger partial charge in [0.25, 0.3) is 0 Å². The molecule has 0 unspecified atom stereocenters. The molecule has 18 heteroatoms. The second-order valence-electron chi connectivity index (χ2n) is 9.64. The predicted molar refractivity (Wildman–Crippen MR) is 139 cm³/mol. The maximum absolute atomic E-state index is 12.2. The van der Waals surface area contributed by atoms with Gasteiger partial charge in [0.05, 0.1) is 0 Å². The maximum Gasteiger partial charge on any atom is 0.303 e. The van der Waals surface area contributed by atoms with Gasteiger partial charge in [-0.2, -0.15) is 0 Å². The number of hydrogen-bond donors (Lipinski definition) is 0. The second kappa shape index (κ2) is 16.5. The minimum Gasteiger partial charge on any atom is -0.463 e. The Morgan fingerprint density at radius 3 is 1.27 bits per heavy atom. The first-order chi connectivity index (χ1) is 20.5. The molecule has 17 nitrogen and oxygen atoms in total. The van der Waals surface area contributed by atoms with Crippen molar-refractivity contribution in [3.8, 4) is 0 Å². The van der Waals surface area contributed by atoms with Crippen LogP contribution in [0.5, 0.6) is 0 Å². The van der Waals surface area contributed by atoms with Crippen LogP contribution in [0.25, 0.3) is 0 Å². The third-order valence-corrected chi connectivity index (χ3v) is 6.22. The van der Waals surface area contributed by atoms with Crippen LogP contribution >= 0.6 is 11.6 Å². The Morgan fingerprint density at radius 1 is 0.477 bits per heavy atom. The molecule has 0 spiro atoms. The summed E-state index contributed by atoms with van der Waals surface area (Å²) in [6, 6.07) is 0. The molecule has 248 valence electrons. The molecule has 2 aliphatic heterocycles. The van der Waals surface area contributed by atoms with Gasteiger partial charge in [0.2, 0.25) is 0 Å². The van der Waals surface area contributed by atoms with Gasteiger partial charge < -0.3 is 47.4 Å². The van der Waals surface area contributed by atoms with E-state index in [2.05, 4.69) is 0 Å². The Kier molecular flexibility index (Phi) is 13.8. The number of carbonyl (C=O) groups is 7. The van der Waals surface area contributed by atoms with Gasteiger partial charge in [0.1, 0.15) is 31.5 Å². The van der Waals surface area contributed by atoms with Crippen molar-refractivity contribution >= 4 is 53.4 Å². The molecule has 2 rings (SSSR count). The Bertz CT molecular complexity index is 1090. The van der Waals surface area contributed by atoms with Crippen LogP contribution in [0.15, 0.2) is 0 Å². The largest absolute Gasteiger partial charge is 0.463 e. The minimum absolute atomic E-state index is 0.515. The number of rotatable bonds is 11. The smallest absolute Gasteiger partial charge is 0.303 e. The van der Waals surface area contributed by atoms with Crippen molar-refractivity contribution in [2.24, 2.45) is 0 Å². The standard InChI is InChI=1S/C26H35ClO17/c1-10(28)35-8-17-20(21(38-13(4)31)23(25(27)42-17)40-15(6)33)44-26-24(41-16(7)34)22(39-14(5)32)19(37-12(3)30)18(43-26)9-36-11(2)29/h17-26H,8-9H2,1-7H3/t17-,18-,19+,20-,21+,22+,23-,24-,25+,26+/m1/s1. The molecule has 44 heavy (non-hydrogen) atoms. The molecular formula is C26H35ClO17. The van der Waals surface area contributed by atoms with Crippen molar-refractivity contribution in [3.05, 3.63) is 0 Å². The van der Waals surface area contributed by atoms with Crippen LogP contribution in [0.1, 0.15) is 48.5 Å². The summed E-state index contributed by atoms with van der Waals surface area (Å²) >= 11 is 6.32. The zero-order valence-corrected chi connectivity index (χ0v) is 25.8. The molecule has 0 aromatic heterocycles. The lowest BCUT2D eigenvalue weighted by atomic mass is 9.96. The maximum atomic E-state index is 12.2. The molecule has 0 aromatic rings. The van der Waals surface area contributed by atoms with Gasteiger partial charge in [0.15, 0.2) is 42.4 Å². The highest BCUT2D eigenvalue weighted by Gasteiger charge is 2.57. The molecule has 10 atom stereocenters. The quantitative estimate of drug-likeness (QED) is 0.161. The molecule has 0 bridgehead atoms. The van der Waals surface area contributed by atoms with Gasteiger partial charge in [0, 0.05) is 48.5 Å². The molecule has 2 heterocycles. The van der Waals surface area contributed by atoms with Crippen LogP contribution in [0, 0.1) is 0 Å². The SMILES string of the molecule is CC(=O)OC[C@H]1O[C@@H](O[C@H]2[C@H](OC(C)=O)[C@@H](OC(C)=O)[C@@H](Cl)O[C@@H]2COC(C)=O)[C@H](OC(C)=O)[C@@H](OC(C)=O)[C@H]1OC(C)=O. The van der Waals surface area contributed by atoms with Crippen molar-refractivity contribution < 1.29 is 80.9 Å². The second-order valence-corrected chi connectivity index (χ2v) is 10.1. The molecule has 0 aromatic carbocycles. The lowest BCUT2D eigenvalue weighted by molar-refractivity contribution is -0.341. The summed E-state index contributed by atoms with van der Waals surface area (Å²) in [5, 5.41) is 0. The van der Waals surface area contributed by atoms with Gasteiger partial charge in [-0.25, -0.2) is 0 Å². The van der Waals surface area contributed by atoms with Gasteiger partial charge in [-0.15, -0.1) is 0 Å². The average Bonchev–Trinajstić information content (AvgIpc) is 2.87. The third kappa shape index (κ3) is 10.9. The molecule has 2 saturated heterocycles. The van der Waals surface area contributed by atoms with Crippen molar-refractivity contribution in [1.82, 2.24) is 0 Å². The van der Waals surface area contributed by atoms with E-state index < -0.39 is 116 Å². The lowest BCUT2D eigenvalue weighted by Gasteiger charge is -2.48. The molecule has 2 fully saturated rings. The molecule has 0 amide bonds. The number of alkyl halides is 1. The Labute approximate surface area is 256 Å². The van der Waals surface area contributed by atoms with Crippen LogP contribution in [0.4, 0.5) is 0 Å². The lowest BCUT2D eigenvalue weighted by Crippen LogP contribution is -2.66. The fourth-order valence-electron chi connectivity index (χ4n) is 4.46. The average molecular weight is 655 g/mol. The summed E-state index contributed by atoms with van der Waals surface area (Å²) in [5.41, 5.74) is -1.43. The number of hydrogen-bond acceptors (Lipinski definition) is 17. The first kappa shape index (κ1) is 36.7. The number of halogens is 1.